The summed E-state index contributed by atoms with van der Waals surface area (Å²) in [6.45, 7) is 0. The van der Waals surface area contributed by atoms with Crippen molar-refractivity contribution in [3.05, 3.63) is 59.1 Å². The van der Waals surface area contributed by atoms with Crippen LogP contribution in [0.5, 0.6) is 0 Å². The second-order valence-electron chi connectivity index (χ2n) is 6.08. The van der Waals surface area contributed by atoms with Gasteiger partial charge in [0.1, 0.15) is 0 Å². The van der Waals surface area contributed by atoms with E-state index in [-0.39, 0.29) is 22.6 Å². The Bertz CT molecular complexity index is 915. The van der Waals surface area contributed by atoms with Gasteiger partial charge in [-0.3, -0.25) is 9.63 Å². The molecule has 1 saturated carbocycles. The molecule has 1 amide bonds. The standard InChI is InChI=1S/C18H19ClN2O4S/c1-21(25-2)26(23,24)13-9-7-12(8-10-13)20-18(22)16-11-15(16)14-5-3-4-6-17(14)19/h3-10,15-16H,11H2,1-2H3,(H,20,22). The van der Waals surface area contributed by atoms with Crippen LogP contribution in [-0.4, -0.2) is 33.0 Å². The van der Waals surface area contributed by atoms with Gasteiger partial charge in [0, 0.05) is 23.7 Å². The number of carbonyl (C=O) groups excluding carboxylic acids is 1. The van der Waals surface area contributed by atoms with Gasteiger partial charge >= 0.3 is 0 Å². The third-order valence-electron chi connectivity index (χ3n) is 4.45. The number of anilines is 1. The molecule has 3 rings (SSSR count). The van der Waals surface area contributed by atoms with Crippen molar-refractivity contribution in [2.45, 2.75) is 17.2 Å². The summed E-state index contributed by atoms with van der Waals surface area (Å²) in [7, 11) is -1.12. The quantitative estimate of drug-likeness (QED) is 0.763. The molecule has 2 aromatic carbocycles. The van der Waals surface area contributed by atoms with E-state index in [0.29, 0.717) is 10.7 Å². The number of nitrogens with zero attached hydrogens (tertiary/aromatic N) is 1. The van der Waals surface area contributed by atoms with E-state index in [0.717, 1.165) is 16.5 Å². The van der Waals surface area contributed by atoms with Crippen molar-refractivity contribution in [2.24, 2.45) is 5.92 Å². The summed E-state index contributed by atoms with van der Waals surface area (Å²) in [5, 5.41) is 3.49. The van der Waals surface area contributed by atoms with Crippen molar-refractivity contribution in [1.82, 2.24) is 4.47 Å². The Morgan fingerprint density at radius 2 is 1.85 bits per heavy atom. The van der Waals surface area contributed by atoms with Gasteiger partial charge in [0.05, 0.1) is 12.0 Å². The first-order valence-corrected chi connectivity index (χ1v) is 9.85. The molecule has 26 heavy (non-hydrogen) atoms. The fraction of sp³-hybridized carbons (Fsp3) is 0.278. The van der Waals surface area contributed by atoms with Crippen LogP contribution in [0.15, 0.2) is 53.4 Å². The minimum absolute atomic E-state index is 0.0835. The lowest BCUT2D eigenvalue weighted by molar-refractivity contribution is -0.117. The third-order valence-corrected chi connectivity index (χ3v) is 6.49. The normalized spacial score (nSPS) is 19.4. The van der Waals surface area contributed by atoms with Crippen LogP contribution in [0, 0.1) is 5.92 Å². The molecule has 1 aliphatic carbocycles. The van der Waals surface area contributed by atoms with Gasteiger partial charge in [0.15, 0.2) is 0 Å². The SMILES string of the molecule is CON(C)S(=O)(=O)c1ccc(NC(=O)C2CC2c2ccccc2Cl)cc1. The molecule has 1 N–H and O–H groups in total. The smallest absolute Gasteiger partial charge is 0.264 e. The van der Waals surface area contributed by atoms with Crippen molar-refractivity contribution in [1.29, 1.82) is 0 Å². The van der Waals surface area contributed by atoms with Crippen LogP contribution < -0.4 is 5.32 Å². The molecular formula is C18H19ClN2O4S. The van der Waals surface area contributed by atoms with Crippen molar-refractivity contribution in [3.8, 4) is 0 Å². The molecule has 0 aliphatic heterocycles. The van der Waals surface area contributed by atoms with E-state index in [1.807, 2.05) is 24.3 Å². The summed E-state index contributed by atoms with van der Waals surface area (Å²) in [4.78, 5) is 17.2. The molecule has 6 nitrogen and oxygen atoms in total. The fourth-order valence-electron chi connectivity index (χ4n) is 2.80. The molecule has 1 fully saturated rings. The van der Waals surface area contributed by atoms with Gasteiger partial charge in [-0.1, -0.05) is 34.3 Å². The monoisotopic (exact) mass is 394 g/mol. The van der Waals surface area contributed by atoms with E-state index in [2.05, 4.69) is 5.32 Å². The fourth-order valence-corrected chi connectivity index (χ4v) is 4.05. The van der Waals surface area contributed by atoms with Gasteiger partial charge in [0.25, 0.3) is 10.0 Å². The second kappa shape index (κ2) is 7.36. The second-order valence-corrected chi connectivity index (χ2v) is 8.42. The largest absolute Gasteiger partial charge is 0.326 e. The van der Waals surface area contributed by atoms with Gasteiger partial charge in [0.2, 0.25) is 5.91 Å². The number of sulfonamides is 1. The number of rotatable bonds is 6. The Morgan fingerprint density at radius 3 is 2.46 bits per heavy atom. The zero-order valence-electron chi connectivity index (χ0n) is 14.3. The Morgan fingerprint density at radius 1 is 1.19 bits per heavy atom. The maximum atomic E-state index is 12.4. The molecule has 0 radical (unpaired) electrons. The summed E-state index contributed by atoms with van der Waals surface area (Å²) in [6.07, 6.45) is 0.751. The lowest BCUT2D eigenvalue weighted by Crippen LogP contribution is -2.25. The molecule has 0 heterocycles. The number of hydrogen-bond donors (Lipinski definition) is 1. The van der Waals surface area contributed by atoms with E-state index < -0.39 is 10.0 Å². The number of hydrogen-bond acceptors (Lipinski definition) is 4. The third kappa shape index (κ3) is 3.76. The molecule has 2 aromatic rings. The van der Waals surface area contributed by atoms with E-state index in [1.165, 1.54) is 26.3 Å². The summed E-state index contributed by atoms with van der Waals surface area (Å²) < 4.78 is 25.1. The lowest BCUT2D eigenvalue weighted by Gasteiger charge is -2.14. The van der Waals surface area contributed by atoms with Crippen LogP contribution in [0.1, 0.15) is 17.9 Å². The van der Waals surface area contributed by atoms with Gasteiger partial charge in [-0.25, -0.2) is 8.42 Å². The first-order chi connectivity index (χ1) is 12.3. The van der Waals surface area contributed by atoms with Crippen LogP contribution >= 0.6 is 11.6 Å². The molecule has 8 heteroatoms. The van der Waals surface area contributed by atoms with E-state index in [9.17, 15) is 13.2 Å². The van der Waals surface area contributed by atoms with Crippen LogP contribution in [0.2, 0.25) is 5.02 Å². The number of nitrogens with one attached hydrogen (secondary N) is 1. The molecule has 2 unspecified atom stereocenters. The Kier molecular flexibility index (Phi) is 5.34. The molecule has 1 aliphatic rings. The molecule has 0 aromatic heterocycles. The summed E-state index contributed by atoms with van der Waals surface area (Å²) in [5.41, 5.74) is 1.53. The Balaban J connectivity index is 1.65. The van der Waals surface area contributed by atoms with Crippen molar-refractivity contribution in [2.75, 3.05) is 19.5 Å². The maximum Gasteiger partial charge on any atom is 0.264 e. The van der Waals surface area contributed by atoms with Gasteiger partial charge in [-0.2, -0.15) is 0 Å². The van der Waals surface area contributed by atoms with Crippen LogP contribution in [0.3, 0.4) is 0 Å². The molecular weight excluding hydrogens is 376 g/mol. The first-order valence-electron chi connectivity index (χ1n) is 8.03. The first kappa shape index (κ1) is 18.8. The molecule has 0 saturated heterocycles. The maximum absolute atomic E-state index is 12.4. The van der Waals surface area contributed by atoms with Crippen molar-refractivity contribution in [3.63, 3.8) is 0 Å². The predicted molar refractivity (Wildman–Crippen MR) is 99.3 cm³/mol. The highest BCUT2D eigenvalue weighted by molar-refractivity contribution is 7.89. The number of halogens is 1. The van der Waals surface area contributed by atoms with Crippen LogP contribution in [0.25, 0.3) is 0 Å². The molecule has 0 spiro atoms. The summed E-state index contributed by atoms with van der Waals surface area (Å²) in [6, 6.07) is 13.5. The van der Waals surface area contributed by atoms with Crippen molar-refractivity contribution < 1.29 is 18.0 Å². The molecule has 138 valence electrons. The highest BCUT2D eigenvalue weighted by atomic mass is 35.5. The summed E-state index contributed by atoms with van der Waals surface area (Å²) in [5.74, 6) is -0.101. The van der Waals surface area contributed by atoms with Crippen molar-refractivity contribution >= 4 is 33.2 Å². The number of carbonyl (C=O) groups is 1. The zero-order chi connectivity index (χ0) is 18.9. The van der Waals surface area contributed by atoms with Gasteiger partial charge in [-0.15, -0.1) is 0 Å². The lowest BCUT2D eigenvalue weighted by atomic mass is 10.1. The van der Waals surface area contributed by atoms with Crippen LogP contribution in [0.4, 0.5) is 5.69 Å². The topological polar surface area (TPSA) is 75.7 Å². The minimum Gasteiger partial charge on any atom is -0.326 e. The Labute approximate surface area is 157 Å². The van der Waals surface area contributed by atoms with Gasteiger partial charge in [-0.05, 0) is 48.2 Å². The number of benzene rings is 2. The summed E-state index contributed by atoms with van der Waals surface area (Å²) >= 11 is 6.18. The minimum atomic E-state index is -3.70. The van der Waals surface area contributed by atoms with E-state index >= 15 is 0 Å². The van der Waals surface area contributed by atoms with E-state index in [1.54, 1.807) is 12.1 Å². The average Bonchev–Trinajstić information content (AvgIpc) is 3.42. The van der Waals surface area contributed by atoms with Crippen LogP contribution in [-0.2, 0) is 19.7 Å². The van der Waals surface area contributed by atoms with E-state index in [4.69, 9.17) is 16.4 Å². The predicted octanol–water partition coefficient (Wildman–Crippen LogP) is 3.26. The number of hydroxylamine groups is 1. The number of amides is 1. The highest BCUT2D eigenvalue weighted by Gasteiger charge is 2.44. The molecule has 0 bridgehead atoms. The Hall–Kier alpha value is -1.93. The van der Waals surface area contributed by atoms with Gasteiger partial charge < -0.3 is 5.32 Å². The zero-order valence-corrected chi connectivity index (χ0v) is 15.9. The average molecular weight is 395 g/mol. The highest BCUT2D eigenvalue weighted by Crippen LogP contribution is 2.50. The molecule has 2 atom stereocenters.